The van der Waals surface area contributed by atoms with Crippen molar-refractivity contribution in [2.45, 2.75) is 26.7 Å². The van der Waals surface area contributed by atoms with Crippen LogP contribution in [-0.4, -0.2) is 43.7 Å². The molecule has 0 aliphatic heterocycles. The molecule has 60 valence electrons. The van der Waals surface area contributed by atoms with Crippen molar-refractivity contribution in [2.24, 2.45) is 0 Å². The predicted octanol–water partition coefficient (Wildman–Crippen LogP) is -0.0806. The summed E-state index contributed by atoms with van der Waals surface area (Å²) in [5.41, 5.74) is 0. The average Bonchev–Trinajstić information content (AvgIpc) is 2.70. The van der Waals surface area contributed by atoms with Gasteiger partial charge in [-0.3, -0.25) is 0 Å². The Kier molecular flexibility index (Phi) is 10.4. The zero-order chi connectivity index (χ0) is 7.98. The van der Waals surface area contributed by atoms with E-state index in [1.807, 2.05) is 6.92 Å². The monoisotopic (exact) mass is 186 g/mol. The molecule has 0 atom stereocenters. The number of carboxylic acids is 1. The van der Waals surface area contributed by atoms with Crippen LogP contribution in [-0.2, 0) is 11.2 Å². The van der Waals surface area contributed by atoms with E-state index in [1.54, 1.807) is 0 Å². The molecule has 0 saturated carbocycles. The van der Waals surface area contributed by atoms with Crippen molar-refractivity contribution in [2.75, 3.05) is 0 Å². The number of carbonyl (C=O) groups excluding carboxylic acids is 1. The van der Waals surface area contributed by atoms with Gasteiger partial charge in [0.2, 0.25) is 0 Å². The standard InChI is InChI=1S/C3H5O2.C3H6O2.Ca/c1-2-3-4-5-3;1-2-3(4)5;/h2H2,1H3;2H2,1H3,(H,4,5);/q-1;;+2/p-1. The quantitative estimate of drug-likeness (QED) is 0.368. The van der Waals surface area contributed by atoms with Crippen molar-refractivity contribution in [1.29, 1.82) is 0 Å². The van der Waals surface area contributed by atoms with Crippen LogP contribution in [0.25, 0.3) is 0 Å². The van der Waals surface area contributed by atoms with Gasteiger partial charge in [-0.15, -0.1) is 0 Å². The van der Waals surface area contributed by atoms with E-state index in [1.165, 1.54) is 6.92 Å². The predicted molar refractivity (Wildman–Crippen MR) is 37.0 cm³/mol. The molecular formula is C6H10CaO4. The Bertz CT molecular complexity index is 154. The first-order valence-corrected chi connectivity index (χ1v) is 3.10. The minimum Gasteiger partial charge on any atom is -0.550 e. The van der Waals surface area contributed by atoms with Crippen molar-refractivity contribution in [1.82, 2.24) is 0 Å². The van der Waals surface area contributed by atoms with Gasteiger partial charge in [-0.25, -0.2) is 0 Å². The molecule has 1 aromatic rings. The van der Waals surface area contributed by atoms with Crippen LogP contribution in [0.5, 0.6) is 0 Å². The van der Waals surface area contributed by atoms with Crippen LogP contribution in [0.2, 0.25) is 0 Å². The van der Waals surface area contributed by atoms with E-state index in [0.717, 1.165) is 12.4 Å². The van der Waals surface area contributed by atoms with Gasteiger partial charge in [0.25, 0.3) is 0 Å². The fourth-order valence-electron chi connectivity index (χ4n) is 0.147. The maximum Gasteiger partial charge on any atom is 2.00 e. The first-order valence-electron chi connectivity index (χ1n) is 3.10. The zero-order valence-corrected chi connectivity index (χ0v) is 8.96. The molecule has 1 heterocycles. The van der Waals surface area contributed by atoms with Crippen molar-refractivity contribution in [3.63, 3.8) is 0 Å². The fourth-order valence-corrected chi connectivity index (χ4v) is 0.147. The Balaban J connectivity index is 0. The normalized spacial score (nSPS) is 7.82. The second kappa shape index (κ2) is 8.30. The third-order valence-electron chi connectivity index (χ3n) is 0.779. The number of hydrogen-bond acceptors (Lipinski definition) is 4. The van der Waals surface area contributed by atoms with E-state index >= 15 is 0 Å². The Morgan fingerprint density at radius 3 is 1.82 bits per heavy atom. The Labute approximate surface area is 94.8 Å². The summed E-state index contributed by atoms with van der Waals surface area (Å²) in [6.45, 7) is 3.51. The minimum absolute atomic E-state index is 0. The molecular weight excluding hydrogens is 176 g/mol. The first kappa shape index (κ1) is 13.8. The molecule has 0 N–H and O–H groups in total. The molecule has 1 rings (SSSR count). The van der Waals surface area contributed by atoms with E-state index < -0.39 is 5.97 Å². The Morgan fingerprint density at radius 1 is 1.45 bits per heavy atom. The summed E-state index contributed by atoms with van der Waals surface area (Å²) in [6, 6.07) is 0. The van der Waals surface area contributed by atoms with Gasteiger partial charge in [0, 0.05) is 11.9 Å². The van der Waals surface area contributed by atoms with Gasteiger partial charge in [0.05, 0.1) is 0 Å². The molecule has 0 saturated heterocycles. The van der Waals surface area contributed by atoms with E-state index in [4.69, 9.17) is 0 Å². The molecule has 0 aliphatic rings. The van der Waals surface area contributed by atoms with Gasteiger partial charge in [0.15, 0.2) is 0 Å². The zero-order valence-electron chi connectivity index (χ0n) is 6.75. The van der Waals surface area contributed by atoms with Gasteiger partial charge in [-0.2, -0.15) is 0 Å². The second-order valence-electron chi connectivity index (χ2n) is 1.62. The van der Waals surface area contributed by atoms with E-state index in [0.29, 0.717) is 0 Å². The molecule has 4 nitrogen and oxygen atoms in total. The van der Waals surface area contributed by atoms with Crippen LogP contribution < -0.4 is 5.11 Å². The first-order chi connectivity index (χ1) is 4.70. The summed E-state index contributed by atoms with van der Waals surface area (Å²) in [4.78, 5) is 9.26. The van der Waals surface area contributed by atoms with Crippen molar-refractivity contribution >= 4 is 43.7 Å². The number of aryl methyl sites for hydroxylation is 1. The van der Waals surface area contributed by atoms with Crippen LogP contribution in [0.1, 0.15) is 26.2 Å². The Hall–Kier alpha value is 0.200. The Morgan fingerprint density at radius 2 is 1.82 bits per heavy atom. The van der Waals surface area contributed by atoms with Gasteiger partial charge >= 0.3 is 37.7 Å². The number of rotatable bonds is 2. The molecule has 0 fully saturated rings. The molecule has 0 unspecified atom stereocenters. The molecule has 0 amide bonds. The summed E-state index contributed by atoms with van der Waals surface area (Å²) < 4.78 is 8.55. The molecule has 0 radical (unpaired) electrons. The van der Waals surface area contributed by atoms with Gasteiger partial charge in [0.1, 0.15) is 0 Å². The average molecular weight is 186 g/mol. The maximum absolute atomic E-state index is 9.26. The molecule has 0 aromatic carbocycles. The van der Waals surface area contributed by atoms with E-state index in [9.17, 15) is 9.90 Å². The summed E-state index contributed by atoms with van der Waals surface area (Å²) in [7, 11) is 0. The van der Waals surface area contributed by atoms with Gasteiger partial charge in [-0.1, -0.05) is 20.3 Å². The second-order valence-corrected chi connectivity index (χ2v) is 1.62. The topological polar surface area (TPSA) is 66.4 Å². The summed E-state index contributed by atoms with van der Waals surface area (Å²) >= 11 is 0. The fraction of sp³-hybridized carbons (Fsp3) is 0.667. The number of carbonyl (C=O) groups is 1. The molecule has 1 aromatic heterocycles. The molecule has 0 aliphatic carbocycles. The van der Waals surface area contributed by atoms with Crippen molar-refractivity contribution in [3.05, 3.63) is 5.96 Å². The van der Waals surface area contributed by atoms with Crippen molar-refractivity contribution < 1.29 is 19.1 Å². The largest absolute Gasteiger partial charge is 2.00 e. The minimum atomic E-state index is -0.995. The number of aliphatic carboxylic acids is 1. The van der Waals surface area contributed by atoms with Crippen LogP contribution in [0.3, 0.4) is 0 Å². The smallest absolute Gasteiger partial charge is 0.550 e. The van der Waals surface area contributed by atoms with Crippen LogP contribution in [0, 0.1) is 0 Å². The van der Waals surface area contributed by atoms with Crippen LogP contribution >= 0.6 is 0 Å². The van der Waals surface area contributed by atoms with E-state index in [2.05, 4.69) is 9.15 Å². The SMILES string of the molecule is CCC(=O)[O-].CC[c-]1oo1.[Ca+2]. The summed E-state index contributed by atoms with van der Waals surface area (Å²) in [5, 5.41) is 9.26. The molecule has 11 heavy (non-hydrogen) atoms. The molecule has 0 bridgehead atoms. The third-order valence-corrected chi connectivity index (χ3v) is 0.779. The summed E-state index contributed by atoms with van der Waals surface area (Å²) in [6.07, 6.45) is 1.000. The third kappa shape index (κ3) is 13.2. The number of carboxylic acid groups (broad SMARTS) is 1. The maximum atomic E-state index is 9.26. The van der Waals surface area contributed by atoms with Gasteiger partial charge < -0.3 is 19.1 Å². The number of hydrogen-bond donors (Lipinski definition) is 0. The van der Waals surface area contributed by atoms with Crippen LogP contribution in [0.4, 0.5) is 0 Å². The van der Waals surface area contributed by atoms with Crippen LogP contribution in [0.15, 0.2) is 9.15 Å². The van der Waals surface area contributed by atoms with E-state index in [-0.39, 0.29) is 44.2 Å². The summed E-state index contributed by atoms with van der Waals surface area (Å²) in [5.74, 6) is -0.241. The van der Waals surface area contributed by atoms with Crippen molar-refractivity contribution in [3.8, 4) is 0 Å². The van der Waals surface area contributed by atoms with Gasteiger partial charge in [-0.05, 0) is 6.42 Å². The molecule has 0 spiro atoms. The molecule has 5 heteroatoms.